The maximum absolute atomic E-state index is 11.6. The molecule has 0 amide bonds. The zero-order valence-corrected chi connectivity index (χ0v) is 9.75. The number of esters is 2. The summed E-state index contributed by atoms with van der Waals surface area (Å²) in [5, 5.41) is 0. The van der Waals surface area contributed by atoms with Crippen molar-refractivity contribution in [3.8, 4) is 0 Å². The minimum absolute atomic E-state index is 0.241. The van der Waals surface area contributed by atoms with Gasteiger partial charge in [-0.3, -0.25) is 9.59 Å². The van der Waals surface area contributed by atoms with Crippen LogP contribution in [0.25, 0.3) is 0 Å². The van der Waals surface area contributed by atoms with Crippen LogP contribution in [-0.2, 0) is 19.1 Å². The number of ether oxygens (including phenoxy) is 2. The van der Waals surface area contributed by atoms with Crippen LogP contribution in [0.2, 0.25) is 0 Å². The molecule has 0 heterocycles. The minimum atomic E-state index is -0.544. The molecular weight excluding hydrogens is 196 g/mol. The van der Waals surface area contributed by atoms with E-state index in [1.54, 1.807) is 0 Å². The number of hydrogen-bond donors (Lipinski definition) is 0. The van der Waals surface area contributed by atoms with E-state index in [0.717, 1.165) is 0 Å². The molecule has 0 N–H and O–H groups in total. The van der Waals surface area contributed by atoms with E-state index in [9.17, 15) is 9.59 Å². The van der Waals surface area contributed by atoms with Crippen LogP contribution < -0.4 is 0 Å². The highest BCUT2D eigenvalue weighted by Crippen LogP contribution is 2.50. The fourth-order valence-electron chi connectivity index (χ4n) is 2.43. The van der Waals surface area contributed by atoms with Crippen LogP contribution >= 0.6 is 0 Å². The first-order valence-corrected chi connectivity index (χ1v) is 5.05. The molecule has 0 aliphatic heterocycles. The normalized spacial score (nSPS) is 34.9. The number of carbonyl (C=O) groups is 2. The van der Waals surface area contributed by atoms with Gasteiger partial charge in [-0.25, -0.2) is 0 Å². The summed E-state index contributed by atoms with van der Waals surface area (Å²) in [4.78, 5) is 23.1. The molecule has 0 aromatic heterocycles. The molecule has 1 saturated carbocycles. The number of rotatable bonds is 2. The van der Waals surface area contributed by atoms with Crippen LogP contribution in [0.15, 0.2) is 0 Å². The minimum Gasteiger partial charge on any atom is -0.469 e. The maximum Gasteiger partial charge on any atom is 0.311 e. The Balaban J connectivity index is 2.82. The summed E-state index contributed by atoms with van der Waals surface area (Å²) in [7, 11) is 2.75. The number of hydrogen-bond acceptors (Lipinski definition) is 4. The van der Waals surface area contributed by atoms with E-state index in [-0.39, 0.29) is 11.9 Å². The van der Waals surface area contributed by atoms with Gasteiger partial charge in [0.15, 0.2) is 0 Å². The monoisotopic (exact) mass is 214 g/mol. The van der Waals surface area contributed by atoms with Gasteiger partial charge in [-0.05, 0) is 33.1 Å². The summed E-state index contributed by atoms with van der Waals surface area (Å²) < 4.78 is 9.51. The fraction of sp³-hybridized carbons (Fsp3) is 0.818. The molecule has 4 nitrogen and oxygen atoms in total. The average Bonchev–Trinajstić information content (AvgIpc) is 2.55. The smallest absolute Gasteiger partial charge is 0.311 e. The van der Waals surface area contributed by atoms with Crippen molar-refractivity contribution in [2.75, 3.05) is 14.2 Å². The predicted octanol–water partition coefficient (Wildman–Crippen LogP) is 1.53. The average molecular weight is 214 g/mol. The van der Waals surface area contributed by atoms with Gasteiger partial charge in [-0.1, -0.05) is 0 Å². The lowest BCUT2D eigenvalue weighted by molar-refractivity contribution is -0.155. The van der Waals surface area contributed by atoms with Crippen molar-refractivity contribution in [1.82, 2.24) is 0 Å². The first kappa shape index (κ1) is 12.0. The highest BCUT2D eigenvalue weighted by atomic mass is 16.5. The van der Waals surface area contributed by atoms with E-state index in [2.05, 4.69) is 0 Å². The molecule has 0 aromatic carbocycles. The van der Waals surface area contributed by atoms with Crippen molar-refractivity contribution in [3.63, 3.8) is 0 Å². The van der Waals surface area contributed by atoms with Crippen molar-refractivity contribution in [2.24, 2.45) is 10.8 Å². The summed E-state index contributed by atoms with van der Waals surface area (Å²) in [6, 6.07) is 0. The van der Waals surface area contributed by atoms with Gasteiger partial charge in [0.25, 0.3) is 0 Å². The summed E-state index contributed by atoms with van der Waals surface area (Å²) >= 11 is 0. The molecule has 1 fully saturated rings. The van der Waals surface area contributed by atoms with Crippen LogP contribution in [0.5, 0.6) is 0 Å². The molecule has 0 bridgehead atoms. The first-order chi connectivity index (χ1) is 6.88. The molecule has 1 aliphatic carbocycles. The molecule has 86 valence electrons. The molecule has 0 spiro atoms. The van der Waals surface area contributed by atoms with Gasteiger partial charge in [0.2, 0.25) is 0 Å². The SMILES string of the molecule is COC(=O)[C@@]1(C)CC[C@@](C)(C(=O)OC)C1. The third kappa shape index (κ3) is 1.98. The van der Waals surface area contributed by atoms with Crippen LogP contribution in [-0.4, -0.2) is 26.2 Å². The standard InChI is InChI=1S/C11H18O4/c1-10(8(12)14-3)5-6-11(2,7-10)9(13)15-4/h5-7H2,1-4H3/t10-,11+. The van der Waals surface area contributed by atoms with E-state index in [1.165, 1.54) is 14.2 Å². The largest absolute Gasteiger partial charge is 0.469 e. The van der Waals surface area contributed by atoms with Gasteiger partial charge < -0.3 is 9.47 Å². The Morgan fingerprint density at radius 2 is 1.27 bits per heavy atom. The van der Waals surface area contributed by atoms with Gasteiger partial charge in [0.05, 0.1) is 25.0 Å². The van der Waals surface area contributed by atoms with Gasteiger partial charge in [-0.15, -0.1) is 0 Å². The van der Waals surface area contributed by atoms with Crippen molar-refractivity contribution in [2.45, 2.75) is 33.1 Å². The van der Waals surface area contributed by atoms with E-state index < -0.39 is 10.8 Å². The predicted molar refractivity (Wildman–Crippen MR) is 54.1 cm³/mol. The first-order valence-electron chi connectivity index (χ1n) is 5.05. The van der Waals surface area contributed by atoms with Crippen LogP contribution in [0.4, 0.5) is 0 Å². The number of carbonyl (C=O) groups excluding carboxylic acids is 2. The third-order valence-corrected chi connectivity index (χ3v) is 3.37. The lowest BCUT2D eigenvalue weighted by Crippen LogP contribution is -2.31. The zero-order chi connectivity index (χ0) is 11.7. The Labute approximate surface area is 89.9 Å². The molecule has 1 rings (SSSR count). The second kappa shape index (κ2) is 3.83. The quantitative estimate of drug-likeness (QED) is 0.654. The summed E-state index contributed by atoms with van der Waals surface area (Å²) in [5.74, 6) is -0.481. The Morgan fingerprint density at radius 1 is 0.933 bits per heavy atom. The van der Waals surface area contributed by atoms with Gasteiger partial charge in [0, 0.05) is 0 Å². The van der Waals surface area contributed by atoms with E-state index >= 15 is 0 Å². The Bertz CT molecular complexity index is 258. The maximum atomic E-state index is 11.6. The Morgan fingerprint density at radius 3 is 1.53 bits per heavy atom. The van der Waals surface area contributed by atoms with Gasteiger partial charge in [0.1, 0.15) is 0 Å². The Hall–Kier alpha value is -1.06. The molecule has 4 heteroatoms. The van der Waals surface area contributed by atoms with Crippen LogP contribution in [0, 0.1) is 10.8 Å². The molecule has 2 atom stereocenters. The van der Waals surface area contributed by atoms with E-state index in [1.807, 2.05) is 13.8 Å². The van der Waals surface area contributed by atoms with Crippen molar-refractivity contribution in [1.29, 1.82) is 0 Å². The fourth-order valence-corrected chi connectivity index (χ4v) is 2.43. The zero-order valence-electron chi connectivity index (χ0n) is 9.75. The topological polar surface area (TPSA) is 52.6 Å². The van der Waals surface area contributed by atoms with Crippen LogP contribution in [0.3, 0.4) is 0 Å². The molecule has 0 saturated heterocycles. The number of methoxy groups -OCH3 is 2. The molecule has 0 aromatic rings. The lowest BCUT2D eigenvalue weighted by Gasteiger charge is -2.24. The third-order valence-electron chi connectivity index (χ3n) is 3.37. The van der Waals surface area contributed by atoms with Crippen molar-refractivity contribution < 1.29 is 19.1 Å². The molecule has 0 radical (unpaired) electrons. The summed E-state index contributed by atoms with van der Waals surface area (Å²) in [6.45, 7) is 3.68. The van der Waals surface area contributed by atoms with Crippen molar-refractivity contribution >= 4 is 11.9 Å². The van der Waals surface area contributed by atoms with Gasteiger partial charge >= 0.3 is 11.9 Å². The molecular formula is C11H18O4. The van der Waals surface area contributed by atoms with E-state index in [0.29, 0.717) is 19.3 Å². The van der Waals surface area contributed by atoms with Crippen molar-refractivity contribution in [3.05, 3.63) is 0 Å². The highest BCUT2D eigenvalue weighted by molar-refractivity contribution is 5.82. The van der Waals surface area contributed by atoms with E-state index in [4.69, 9.17) is 9.47 Å². The molecule has 0 unspecified atom stereocenters. The summed E-state index contributed by atoms with van der Waals surface area (Å²) in [5.41, 5.74) is -1.09. The molecule has 1 aliphatic rings. The van der Waals surface area contributed by atoms with Gasteiger partial charge in [-0.2, -0.15) is 0 Å². The lowest BCUT2D eigenvalue weighted by atomic mass is 9.82. The second-order valence-corrected chi connectivity index (χ2v) is 4.78. The summed E-state index contributed by atoms with van der Waals surface area (Å²) in [6.07, 6.45) is 1.84. The highest BCUT2D eigenvalue weighted by Gasteiger charge is 2.52. The van der Waals surface area contributed by atoms with Crippen LogP contribution in [0.1, 0.15) is 33.1 Å². The molecule has 15 heavy (non-hydrogen) atoms. The second-order valence-electron chi connectivity index (χ2n) is 4.78. The Kier molecular flexibility index (Phi) is 3.07.